The van der Waals surface area contributed by atoms with Crippen LogP contribution in [0.15, 0.2) is 24.3 Å². The smallest absolute Gasteiger partial charge is 0.220 e. The van der Waals surface area contributed by atoms with E-state index in [1.54, 1.807) is 6.07 Å². The van der Waals surface area contributed by atoms with E-state index in [4.69, 9.17) is 5.73 Å². The first-order valence-corrected chi connectivity index (χ1v) is 6.25. The van der Waals surface area contributed by atoms with Gasteiger partial charge in [-0.25, -0.2) is 4.39 Å². The van der Waals surface area contributed by atoms with Crippen molar-refractivity contribution in [2.24, 2.45) is 11.7 Å². The Hall–Kier alpha value is -1.13. The van der Waals surface area contributed by atoms with Crippen LogP contribution in [0.2, 0.25) is 0 Å². The van der Waals surface area contributed by atoms with Gasteiger partial charge in [-0.2, -0.15) is 0 Å². The van der Waals surface area contributed by atoms with Crippen LogP contribution in [0.3, 0.4) is 0 Å². The van der Waals surface area contributed by atoms with Crippen molar-refractivity contribution in [2.45, 2.75) is 32.7 Å². The van der Waals surface area contributed by atoms with Gasteiger partial charge in [0.15, 0.2) is 0 Å². The van der Waals surface area contributed by atoms with Crippen molar-refractivity contribution >= 4 is 18.3 Å². The number of benzene rings is 1. The Morgan fingerprint density at radius 2 is 2.11 bits per heavy atom. The summed E-state index contributed by atoms with van der Waals surface area (Å²) in [4.78, 5) is 11.6. The molecular weight excluding hydrogens is 267 g/mol. The van der Waals surface area contributed by atoms with Crippen molar-refractivity contribution in [3.05, 3.63) is 35.6 Å². The molecule has 3 N–H and O–H groups in total. The van der Waals surface area contributed by atoms with Gasteiger partial charge in [0.2, 0.25) is 5.91 Å². The molecule has 0 bridgehead atoms. The van der Waals surface area contributed by atoms with Gasteiger partial charge in [-0.3, -0.25) is 4.79 Å². The van der Waals surface area contributed by atoms with E-state index in [1.165, 1.54) is 12.1 Å². The quantitative estimate of drug-likeness (QED) is 0.844. The molecule has 19 heavy (non-hydrogen) atoms. The SMILES string of the molecule is CC(CC(=O)N[C@@H](C)CN)Cc1cccc(F)c1.Cl. The minimum atomic E-state index is -0.235. The van der Waals surface area contributed by atoms with Crippen LogP contribution in [0.5, 0.6) is 0 Å². The molecule has 3 nitrogen and oxygen atoms in total. The van der Waals surface area contributed by atoms with Crippen molar-refractivity contribution in [1.29, 1.82) is 0 Å². The lowest BCUT2D eigenvalue weighted by Crippen LogP contribution is -2.38. The number of hydrogen-bond acceptors (Lipinski definition) is 2. The molecule has 0 fully saturated rings. The van der Waals surface area contributed by atoms with E-state index in [1.807, 2.05) is 19.9 Å². The highest BCUT2D eigenvalue weighted by molar-refractivity contribution is 5.85. The first-order valence-electron chi connectivity index (χ1n) is 6.25. The summed E-state index contributed by atoms with van der Waals surface area (Å²) >= 11 is 0. The average molecular weight is 289 g/mol. The molecule has 1 unspecified atom stereocenters. The zero-order valence-corrected chi connectivity index (χ0v) is 12.2. The highest BCUT2D eigenvalue weighted by Crippen LogP contribution is 2.13. The molecule has 0 aliphatic rings. The lowest BCUT2D eigenvalue weighted by molar-refractivity contribution is -0.122. The molecule has 0 saturated carbocycles. The second kappa shape index (κ2) is 8.88. The van der Waals surface area contributed by atoms with Crippen molar-refractivity contribution in [3.8, 4) is 0 Å². The molecule has 108 valence electrons. The molecule has 0 saturated heterocycles. The van der Waals surface area contributed by atoms with E-state index in [0.29, 0.717) is 19.4 Å². The van der Waals surface area contributed by atoms with Gasteiger partial charge < -0.3 is 11.1 Å². The summed E-state index contributed by atoms with van der Waals surface area (Å²) in [7, 11) is 0. The van der Waals surface area contributed by atoms with Gasteiger partial charge in [-0.05, 0) is 37.0 Å². The molecule has 0 heterocycles. The summed E-state index contributed by atoms with van der Waals surface area (Å²) in [6.07, 6.45) is 1.13. The van der Waals surface area contributed by atoms with Gasteiger partial charge in [0.1, 0.15) is 5.82 Å². The fourth-order valence-corrected chi connectivity index (χ4v) is 1.85. The minimum Gasteiger partial charge on any atom is -0.352 e. The number of nitrogens with one attached hydrogen (secondary N) is 1. The fraction of sp³-hybridized carbons (Fsp3) is 0.500. The van der Waals surface area contributed by atoms with Gasteiger partial charge in [0, 0.05) is 19.0 Å². The summed E-state index contributed by atoms with van der Waals surface area (Å²) in [6, 6.07) is 6.49. The Morgan fingerprint density at radius 1 is 1.42 bits per heavy atom. The lowest BCUT2D eigenvalue weighted by atomic mass is 9.97. The normalized spacial score (nSPS) is 13.3. The topological polar surface area (TPSA) is 55.1 Å². The van der Waals surface area contributed by atoms with Crippen LogP contribution in [-0.4, -0.2) is 18.5 Å². The molecular formula is C14H22ClFN2O. The average Bonchev–Trinajstić information content (AvgIpc) is 2.28. The van der Waals surface area contributed by atoms with E-state index in [-0.39, 0.29) is 36.1 Å². The van der Waals surface area contributed by atoms with Crippen molar-refractivity contribution in [1.82, 2.24) is 5.32 Å². The molecule has 0 aliphatic carbocycles. The molecule has 2 atom stereocenters. The number of rotatable bonds is 6. The highest BCUT2D eigenvalue weighted by atomic mass is 35.5. The zero-order valence-electron chi connectivity index (χ0n) is 11.4. The number of carbonyl (C=O) groups excluding carboxylic acids is 1. The Labute approximate surface area is 120 Å². The molecule has 1 rings (SSSR count). The van der Waals surface area contributed by atoms with Crippen LogP contribution in [-0.2, 0) is 11.2 Å². The maximum absolute atomic E-state index is 13.0. The maximum atomic E-state index is 13.0. The van der Waals surface area contributed by atoms with Gasteiger partial charge in [-0.1, -0.05) is 19.1 Å². The van der Waals surface area contributed by atoms with E-state index in [2.05, 4.69) is 5.32 Å². The molecule has 1 aromatic carbocycles. The van der Waals surface area contributed by atoms with E-state index in [0.717, 1.165) is 5.56 Å². The summed E-state index contributed by atoms with van der Waals surface area (Å²) in [6.45, 7) is 4.29. The minimum absolute atomic E-state index is 0. The van der Waals surface area contributed by atoms with Gasteiger partial charge >= 0.3 is 0 Å². The highest BCUT2D eigenvalue weighted by Gasteiger charge is 2.11. The molecule has 5 heteroatoms. The van der Waals surface area contributed by atoms with Crippen LogP contribution >= 0.6 is 12.4 Å². The molecule has 0 aliphatic heterocycles. The molecule has 0 radical (unpaired) electrons. The molecule has 0 aromatic heterocycles. The summed E-state index contributed by atoms with van der Waals surface area (Å²) < 4.78 is 13.0. The monoisotopic (exact) mass is 288 g/mol. The number of carbonyl (C=O) groups is 1. The third-order valence-corrected chi connectivity index (χ3v) is 2.77. The third kappa shape index (κ3) is 7.13. The summed E-state index contributed by atoms with van der Waals surface area (Å²) in [5.74, 6) is -0.0606. The van der Waals surface area contributed by atoms with Gasteiger partial charge in [-0.15, -0.1) is 12.4 Å². The second-order valence-corrected chi connectivity index (χ2v) is 4.85. The van der Waals surface area contributed by atoms with Crippen molar-refractivity contribution in [2.75, 3.05) is 6.54 Å². The first kappa shape index (κ1) is 17.9. The standard InChI is InChI=1S/C14H21FN2O.ClH/c1-10(7-14(18)17-11(2)9-16)6-12-4-3-5-13(15)8-12;/h3-5,8,10-11H,6-7,9,16H2,1-2H3,(H,17,18);1H/t10?,11-;/m0./s1. The fourth-order valence-electron chi connectivity index (χ4n) is 1.85. The number of amides is 1. The number of halogens is 2. The Morgan fingerprint density at radius 3 is 2.68 bits per heavy atom. The predicted octanol–water partition coefficient (Wildman–Crippen LogP) is 2.28. The predicted molar refractivity (Wildman–Crippen MR) is 77.8 cm³/mol. The Kier molecular flexibility index (Phi) is 8.35. The van der Waals surface area contributed by atoms with Gasteiger partial charge in [0.25, 0.3) is 0 Å². The number of nitrogens with two attached hydrogens (primary N) is 1. The van der Waals surface area contributed by atoms with Crippen LogP contribution in [0.25, 0.3) is 0 Å². The Bertz CT molecular complexity index is 401. The molecule has 0 spiro atoms. The first-order chi connectivity index (χ1) is 8.51. The maximum Gasteiger partial charge on any atom is 0.220 e. The number of hydrogen-bond donors (Lipinski definition) is 2. The van der Waals surface area contributed by atoms with E-state index >= 15 is 0 Å². The largest absolute Gasteiger partial charge is 0.352 e. The van der Waals surface area contributed by atoms with E-state index in [9.17, 15) is 9.18 Å². The van der Waals surface area contributed by atoms with Crippen LogP contribution in [0.4, 0.5) is 4.39 Å². The van der Waals surface area contributed by atoms with E-state index < -0.39 is 0 Å². The van der Waals surface area contributed by atoms with Crippen LogP contribution < -0.4 is 11.1 Å². The lowest BCUT2D eigenvalue weighted by Gasteiger charge is -2.15. The third-order valence-electron chi connectivity index (χ3n) is 2.77. The van der Waals surface area contributed by atoms with Crippen LogP contribution in [0.1, 0.15) is 25.8 Å². The molecule has 1 amide bonds. The summed E-state index contributed by atoms with van der Waals surface area (Å²) in [5.41, 5.74) is 6.35. The van der Waals surface area contributed by atoms with Gasteiger partial charge in [0.05, 0.1) is 0 Å². The second-order valence-electron chi connectivity index (χ2n) is 4.85. The van der Waals surface area contributed by atoms with Crippen molar-refractivity contribution < 1.29 is 9.18 Å². The Balaban J connectivity index is 0.00000324. The van der Waals surface area contributed by atoms with Crippen LogP contribution in [0, 0.1) is 11.7 Å². The summed E-state index contributed by atoms with van der Waals surface area (Å²) in [5, 5.41) is 2.82. The van der Waals surface area contributed by atoms with Crippen molar-refractivity contribution in [3.63, 3.8) is 0 Å². The molecule has 1 aromatic rings. The zero-order chi connectivity index (χ0) is 13.5.